The molecule has 0 unspecified atom stereocenters. The minimum atomic E-state index is -2.94. The summed E-state index contributed by atoms with van der Waals surface area (Å²) in [5.74, 6) is 0.614. The van der Waals surface area contributed by atoms with E-state index in [-0.39, 0.29) is 11.3 Å². The molecule has 1 aliphatic rings. The van der Waals surface area contributed by atoms with E-state index in [1.807, 2.05) is 12.1 Å². The maximum Gasteiger partial charge on any atom is 0.387 e. The Morgan fingerprint density at radius 3 is 2.65 bits per heavy atom. The molecule has 4 aromatic rings. The van der Waals surface area contributed by atoms with Crippen molar-refractivity contribution < 1.29 is 13.5 Å². The second kappa shape index (κ2) is 9.03. The van der Waals surface area contributed by atoms with E-state index in [0.717, 1.165) is 0 Å². The van der Waals surface area contributed by atoms with Crippen LogP contribution in [0.5, 0.6) is 5.75 Å². The molecule has 34 heavy (non-hydrogen) atoms. The van der Waals surface area contributed by atoms with E-state index in [2.05, 4.69) is 35.6 Å². The van der Waals surface area contributed by atoms with Crippen LogP contribution >= 0.6 is 0 Å². The number of hydrogen-bond donors (Lipinski definition) is 1. The maximum atomic E-state index is 12.7. The van der Waals surface area contributed by atoms with Crippen LogP contribution in [-0.2, 0) is 6.54 Å². The summed E-state index contributed by atoms with van der Waals surface area (Å²) in [6, 6.07) is 13.9. The lowest BCUT2D eigenvalue weighted by molar-refractivity contribution is -0.0497. The Hall–Kier alpha value is -4.10. The highest BCUT2D eigenvalue weighted by molar-refractivity contribution is 5.95. The summed E-state index contributed by atoms with van der Waals surface area (Å²) < 4.78 is 30.0. The highest BCUT2D eigenvalue weighted by atomic mass is 19.3. The molecule has 1 fully saturated rings. The Morgan fingerprint density at radius 2 is 1.88 bits per heavy atom. The second-order valence-corrected chi connectivity index (χ2v) is 7.98. The molecule has 1 saturated heterocycles. The van der Waals surface area contributed by atoms with Gasteiger partial charge in [0.05, 0.1) is 34.2 Å². The lowest BCUT2D eigenvalue weighted by atomic mass is 10.1. The molecule has 1 N–H and O–H groups in total. The molecule has 8 nitrogen and oxygen atoms in total. The molecule has 5 rings (SSSR count). The van der Waals surface area contributed by atoms with E-state index in [1.54, 1.807) is 18.2 Å². The Morgan fingerprint density at radius 1 is 1.09 bits per heavy atom. The summed E-state index contributed by atoms with van der Waals surface area (Å²) in [4.78, 5) is 28.3. The van der Waals surface area contributed by atoms with E-state index in [0.29, 0.717) is 71.6 Å². The number of H-pyrrole nitrogens is 1. The number of hydrogen-bond acceptors (Lipinski definition) is 7. The van der Waals surface area contributed by atoms with Crippen LogP contribution in [0.3, 0.4) is 0 Å². The zero-order chi connectivity index (χ0) is 23.7. The topological polar surface area (TPSA) is 98.1 Å². The number of alkyl halides is 2. The predicted octanol–water partition coefficient (Wildman–Crippen LogP) is 3.27. The summed E-state index contributed by atoms with van der Waals surface area (Å²) in [7, 11) is 0. The first-order valence-corrected chi connectivity index (χ1v) is 10.7. The molecule has 1 aliphatic heterocycles. The van der Waals surface area contributed by atoms with Crippen molar-refractivity contribution in [3.05, 3.63) is 70.4 Å². The van der Waals surface area contributed by atoms with Gasteiger partial charge in [0.1, 0.15) is 17.6 Å². The van der Waals surface area contributed by atoms with Crippen LogP contribution in [0.4, 0.5) is 14.5 Å². The number of rotatable bonds is 5. The first kappa shape index (κ1) is 21.7. The van der Waals surface area contributed by atoms with Crippen LogP contribution in [0.2, 0.25) is 0 Å². The van der Waals surface area contributed by atoms with Crippen LogP contribution < -0.4 is 15.2 Å². The average Bonchev–Trinajstić information content (AvgIpc) is 2.83. The molecule has 0 bridgehead atoms. The van der Waals surface area contributed by atoms with Gasteiger partial charge in [-0.15, -0.1) is 0 Å². The highest BCUT2D eigenvalue weighted by Gasteiger charge is 2.23. The predicted molar refractivity (Wildman–Crippen MR) is 123 cm³/mol. The van der Waals surface area contributed by atoms with Crippen LogP contribution in [0.15, 0.2) is 53.5 Å². The number of ether oxygens (including phenoxy) is 1. The zero-order valence-corrected chi connectivity index (χ0v) is 18.0. The molecule has 2 aromatic heterocycles. The fourth-order valence-electron chi connectivity index (χ4n) is 4.31. The fourth-order valence-corrected chi connectivity index (χ4v) is 4.31. The number of aromatic amines is 1. The highest BCUT2D eigenvalue weighted by Crippen LogP contribution is 2.33. The first-order valence-electron chi connectivity index (χ1n) is 10.7. The summed E-state index contributed by atoms with van der Waals surface area (Å²) in [5, 5.41) is 10.8. The van der Waals surface area contributed by atoms with Gasteiger partial charge in [0.15, 0.2) is 0 Å². The molecule has 0 atom stereocenters. The number of para-hydroxylation sites is 1. The van der Waals surface area contributed by atoms with Gasteiger partial charge in [0.25, 0.3) is 5.56 Å². The second-order valence-electron chi connectivity index (χ2n) is 7.98. The first-order chi connectivity index (χ1) is 16.5. The molecular weight excluding hydrogens is 442 g/mol. The van der Waals surface area contributed by atoms with E-state index in [4.69, 9.17) is 0 Å². The van der Waals surface area contributed by atoms with Crippen molar-refractivity contribution in [1.29, 1.82) is 5.26 Å². The van der Waals surface area contributed by atoms with Crippen molar-refractivity contribution in [2.75, 3.05) is 31.1 Å². The SMILES string of the molecule is N#Cc1cnc2ccc(OC(F)F)cc2c1N1CCN(Cc2nc3ccccc3c(=O)[nH]2)CC1. The minimum Gasteiger partial charge on any atom is -0.435 e. The van der Waals surface area contributed by atoms with E-state index >= 15 is 0 Å². The van der Waals surface area contributed by atoms with E-state index in [1.165, 1.54) is 18.3 Å². The number of piperazine rings is 1. The number of benzene rings is 2. The van der Waals surface area contributed by atoms with Crippen LogP contribution in [0.1, 0.15) is 11.4 Å². The van der Waals surface area contributed by atoms with Crippen molar-refractivity contribution in [2.24, 2.45) is 0 Å². The number of nitrogens with one attached hydrogen (secondary N) is 1. The standard InChI is InChI=1S/C24H20F2N6O2/c25-24(26)34-16-5-6-19-18(11-16)22(15(12-27)13-28-19)32-9-7-31(8-10-32)14-21-29-20-4-2-1-3-17(20)23(33)30-21/h1-6,11,13,24H,7-10,14H2,(H,29,30,33). The Labute approximate surface area is 193 Å². The third kappa shape index (κ3) is 4.25. The Balaban J connectivity index is 1.37. The molecular formula is C24H20F2N6O2. The van der Waals surface area contributed by atoms with Gasteiger partial charge in [-0.1, -0.05) is 12.1 Å². The van der Waals surface area contributed by atoms with Gasteiger partial charge in [-0.05, 0) is 30.3 Å². The van der Waals surface area contributed by atoms with Gasteiger partial charge in [-0.25, -0.2) is 4.98 Å². The van der Waals surface area contributed by atoms with Crippen LogP contribution in [0.25, 0.3) is 21.8 Å². The molecule has 3 heterocycles. The summed E-state index contributed by atoms with van der Waals surface area (Å²) in [6.45, 7) is 0.0860. The normalized spacial score (nSPS) is 14.6. The Kier molecular flexibility index (Phi) is 5.77. The molecule has 2 aromatic carbocycles. The van der Waals surface area contributed by atoms with Crippen molar-refractivity contribution in [2.45, 2.75) is 13.2 Å². The summed E-state index contributed by atoms with van der Waals surface area (Å²) in [6.07, 6.45) is 1.50. The van der Waals surface area contributed by atoms with E-state index in [9.17, 15) is 18.8 Å². The fraction of sp³-hybridized carbons (Fsp3) is 0.250. The number of nitrogens with zero attached hydrogens (tertiary/aromatic N) is 5. The number of pyridine rings is 1. The number of anilines is 1. The smallest absolute Gasteiger partial charge is 0.387 e. The van der Waals surface area contributed by atoms with Crippen molar-refractivity contribution >= 4 is 27.5 Å². The minimum absolute atomic E-state index is 0.0191. The molecule has 0 saturated carbocycles. The van der Waals surface area contributed by atoms with Crippen molar-refractivity contribution in [3.8, 4) is 11.8 Å². The maximum absolute atomic E-state index is 12.7. The van der Waals surface area contributed by atoms with Gasteiger partial charge in [-0.3, -0.25) is 14.7 Å². The van der Waals surface area contributed by atoms with Crippen LogP contribution in [-0.4, -0.2) is 52.6 Å². The van der Waals surface area contributed by atoms with Gasteiger partial charge in [0, 0.05) is 37.8 Å². The third-order valence-electron chi connectivity index (χ3n) is 5.88. The van der Waals surface area contributed by atoms with Crippen molar-refractivity contribution in [3.63, 3.8) is 0 Å². The van der Waals surface area contributed by atoms with Gasteiger partial charge in [-0.2, -0.15) is 14.0 Å². The third-order valence-corrected chi connectivity index (χ3v) is 5.88. The quantitative estimate of drug-likeness (QED) is 0.486. The van der Waals surface area contributed by atoms with Crippen LogP contribution in [0, 0.1) is 11.3 Å². The van der Waals surface area contributed by atoms with Gasteiger partial charge >= 0.3 is 6.61 Å². The average molecular weight is 462 g/mol. The number of aromatic nitrogens is 3. The summed E-state index contributed by atoms with van der Waals surface area (Å²) in [5.41, 5.74) is 2.11. The molecule has 0 radical (unpaired) electrons. The van der Waals surface area contributed by atoms with Crippen molar-refractivity contribution in [1.82, 2.24) is 19.9 Å². The zero-order valence-electron chi connectivity index (χ0n) is 18.0. The number of nitriles is 1. The lowest BCUT2D eigenvalue weighted by Gasteiger charge is -2.36. The number of fused-ring (bicyclic) bond motifs is 2. The molecule has 10 heteroatoms. The van der Waals surface area contributed by atoms with Gasteiger partial charge in [0.2, 0.25) is 0 Å². The summed E-state index contributed by atoms with van der Waals surface area (Å²) >= 11 is 0. The molecule has 172 valence electrons. The lowest BCUT2D eigenvalue weighted by Crippen LogP contribution is -2.46. The van der Waals surface area contributed by atoms with Gasteiger partial charge < -0.3 is 14.6 Å². The largest absolute Gasteiger partial charge is 0.435 e. The monoisotopic (exact) mass is 462 g/mol. The molecule has 0 spiro atoms. The number of halogens is 2. The molecule has 0 aliphatic carbocycles. The van der Waals surface area contributed by atoms with E-state index < -0.39 is 6.61 Å². The Bertz CT molecular complexity index is 1460. The molecule has 0 amide bonds.